The summed E-state index contributed by atoms with van der Waals surface area (Å²) >= 11 is 6.29. The summed E-state index contributed by atoms with van der Waals surface area (Å²) in [6.07, 6.45) is -0.206. The summed E-state index contributed by atoms with van der Waals surface area (Å²) in [6, 6.07) is 3.04. The first-order valence-electron chi connectivity index (χ1n) is 5.09. The van der Waals surface area contributed by atoms with Crippen LogP contribution in [0.1, 0.15) is 6.42 Å². The summed E-state index contributed by atoms with van der Waals surface area (Å²) in [5, 5.41) is 17.6. The van der Waals surface area contributed by atoms with Gasteiger partial charge in [-0.05, 0) is 40.5 Å². The van der Waals surface area contributed by atoms with Gasteiger partial charge in [0.25, 0.3) is 0 Å². The summed E-state index contributed by atoms with van der Waals surface area (Å²) in [4.78, 5) is 10.8. The Morgan fingerprint density at radius 3 is 2.47 bits per heavy atom. The van der Waals surface area contributed by atoms with Crippen LogP contribution in [0.2, 0.25) is 0 Å². The molecule has 1 rings (SSSR count). The predicted octanol–water partition coefficient (Wildman–Crippen LogP) is 1.33. The Kier molecular flexibility index (Phi) is 5.93. The second-order valence-electron chi connectivity index (χ2n) is 3.60. The molecule has 0 amide bonds. The van der Waals surface area contributed by atoms with Crippen LogP contribution in [0.25, 0.3) is 0 Å². The van der Waals surface area contributed by atoms with Gasteiger partial charge in [0.2, 0.25) is 10.0 Å². The normalized spacial score (nSPS) is 13.2. The molecule has 0 aromatic heterocycles. The summed E-state index contributed by atoms with van der Waals surface area (Å²) in [5.74, 6) is -1.34. The zero-order valence-electron chi connectivity index (χ0n) is 9.51. The van der Waals surface area contributed by atoms with E-state index in [2.05, 4.69) is 31.9 Å². The molecule has 6 nitrogen and oxygen atoms in total. The molecule has 0 aliphatic heterocycles. The molecule has 1 aromatic carbocycles. The van der Waals surface area contributed by atoms with Gasteiger partial charge in [0.1, 0.15) is 6.04 Å². The van der Waals surface area contributed by atoms with E-state index in [-0.39, 0.29) is 11.3 Å². The van der Waals surface area contributed by atoms with Crippen molar-refractivity contribution in [2.24, 2.45) is 0 Å². The lowest BCUT2D eigenvalue weighted by atomic mass is 10.2. The predicted molar refractivity (Wildman–Crippen MR) is 75.3 cm³/mol. The van der Waals surface area contributed by atoms with Gasteiger partial charge in [-0.15, -0.1) is 0 Å². The molecule has 0 bridgehead atoms. The van der Waals surface area contributed by atoms with Gasteiger partial charge in [-0.3, -0.25) is 4.79 Å². The standard InChI is InChI=1S/C10H11Br2NO5S/c11-6-1-2-9(7(12)5-6)19(17,18)13-8(3-4-14)10(15)16/h1-2,5,8,13-14H,3-4H2,(H,15,16)/t8-/m0/s1. The first kappa shape index (κ1) is 16.6. The lowest BCUT2D eigenvalue weighted by Crippen LogP contribution is -2.41. The molecule has 106 valence electrons. The van der Waals surface area contributed by atoms with Crippen molar-refractivity contribution in [3.8, 4) is 0 Å². The number of aliphatic hydroxyl groups excluding tert-OH is 1. The maximum atomic E-state index is 12.1. The second kappa shape index (κ2) is 6.80. The third kappa shape index (κ3) is 4.53. The van der Waals surface area contributed by atoms with E-state index in [1.165, 1.54) is 18.2 Å². The molecule has 0 unspecified atom stereocenters. The monoisotopic (exact) mass is 415 g/mol. The minimum atomic E-state index is -3.98. The van der Waals surface area contributed by atoms with Crippen LogP contribution in [0, 0.1) is 0 Å². The number of nitrogens with one attached hydrogen (secondary N) is 1. The molecule has 0 aliphatic carbocycles. The highest BCUT2D eigenvalue weighted by Gasteiger charge is 2.26. The van der Waals surface area contributed by atoms with Gasteiger partial charge < -0.3 is 10.2 Å². The zero-order chi connectivity index (χ0) is 14.6. The zero-order valence-corrected chi connectivity index (χ0v) is 13.5. The molecular weight excluding hydrogens is 406 g/mol. The lowest BCUT2D eigenvalue weighted by Gasteiger charge is -2.14. The van der Waals surface area contributed by atoms with Gasteiger partial charge in [-0.1, -0.05) is 15.9 Å². The van der Waals surface area contributed by atoms with Gasteiger partial charge in [0.05, 0.1) is 4.90 Å². The van der Waals surface area contributed by atoms with Crippen LogP contribution in [0.15, 0.2) is 32.0 Å². The van der Waals surface area contributed by atoms with Crippen molar-refractivity contribution in [3.63, 3.8) is 0 Å². The van der Waals surface area contributed by atoms with Crippen molar-refractivity contribution in [2.45, 2.75) is 17.4 Å². The summed E-state index contributed by atoms with van der Waals surface area (Å²) < 4.78 is 27.1. The largest absolute Gasteiger partial charge is 0.480 e. The fraction of sp³-hybridized carbons (Fsp3) is 0.300. The van der Waals surface area contributed by atoms with Gasteiger partial charge >= 0.3 is 5.97 Å². The Balaban J connectivity index is 3.06. The van der Waals surface area contributed by atoms with E-state index < -0.39 is 28.6 Å². The summed E-state index contributed by atoms with van der Waals surface area (Å²) in [5.41, 5.74) is 0. The van der Waals surface area contributed by atoms with Crippen LogP contribution < -0.4 is 4.72 Å². The third-order valence-electron chi connectivity index (χ3n) is 2.20. The minimum absolute atomic E-state index is 0.0695. The number of aliphatic hydroxyl groups is 1. The molecule has 9 heteroatoms. The van der Waals surface area contributed by atoms with Gasteiger partial charge in [-0.2, -0.15) is 4.72 Å². The van der Waals surface area contributed by atoms with Crippen LogP contribution in [0.3, 0.4) is 0 Å². The van der Waals surface area contributed by atoms with Gasteiger partial charge in [0, 0.05) is 15.6 Å². The van der Waals surface area contributed by atoms with E-state index in [1.807, 2.05) is 4.72 Å². The lowest BCUT2D eigenvalue weighted by molar-refractivity contribution is -0.139. The van der Waals surface area contributed by atoms with Crippen molar-refractivity contribution in [1.29, 1.82) is 0 Å². The summed E-state index contributed by atoms with van der Waals surface area (Å²) in [7, 11) is -3.98. The molecule has 0 saturated carbocycles. The Hall–Kier alpha value is -0.480. The number of halogens is 2. The van der Waals surface area contributed by atoms with Crippen LogP contribution in [-0.4, -0.2) is 37.2 Å². The first-order valence-corrected chi connectivity index (χ1v) is 8.16. The van der Waals surface area contributed by atoms with Crippen molar-refractivity contribution >= 4 is 47.9 Å². The fourth-order valence-electron chi connectivity index (χ4n) is 1.31. The number of hydrogen-bond donors (Lipinski definition) is 3. The molecule has 0 aliphatic rings. The smallest absolute Gasteiger partial charge is 0.321 e. The number of hydrogen-bond acceptors (Lipinski definition) is 4. The molecule has 1 aromatic rings. The van der Waals surface area contributed by atoms with E-state index in [0.717, 1.165) is 0 Å². The highest BCUT2D eigenvalue weighted by molar-refractivity contribution is 9.11. The van der Waals surface area contributed by atoms with Crippen molar-refractivity contribution in [3.05, 3.63) is 27.1 Å². The molecule has 0 radical (unpaired) electrons. The van der Waals surface area contributed by atoms with Crippen LogP contribution in [-0.2, 0) is 14.8 Å². The molecule has 19 heavy (non-hydrogen) atoms. The number of rotatable bonds is 6. The molecule has 0 saturated heterocycles. The molecule has 3 N–H and O–H groups in total. The van der Waals surface area contributed by atoms with Crippen LogP contribution in [0.4, 0.5) is 0 Å². The SMILES string of the molecule is O=C(O)[C@H](CCO)NS(=O)(=O)c1ccc(Br)cc1Br. The number of carboxylic acids is 1. The molecule has 0 fully saturated rings. The van der Waals surface area contributed by atoms with Crippen molar-refractivity contribution in [1.82, 2.24) is 4.72 Å². The Bertz CT molecular complexity index is 575. The fourth-order valence-corrected chi connectivity index (χ4v) is 4.28. The van der Waals surface area contributed by atoms with E-state index in [9.17, 15) is 13.2 Å². The maximum Gasteiger partial charge on any atom is 0.321 e. The van der Waals surface area contributed by atoms with Crippen LogP contribution >= 0.6 is 31.9 Å². The number of sulfonamides is 1. The Morgan fingerprint density at radius 1 is 1.37 bits per heavy atom. The summed E-state index contributed by atoms with van der Waals surface area (Å²) in [6.45, 7) is -0.430. The average molecular weight is 417 g/mol. The number of carboxylic acid groups (broad SMARTS) is 1. The second-order valence-corrected chi connectivity index (χ2v) is 7.05. The van der Waals surface area contributed by atoms with E-state index >= 15 is 0 Å². The molecule has 0 spiro atoms. The average Bonchev–Trinajstić information content (AvgIpc) is 2.27. The Morgan fingerprint density at radius 2 is 2.00 bits per heavy atom. The van der Waals surface area contributed by atoms with Gasteiger partial charge in [0.15, 0.2) is 0 Å². The van der Waals surface area contributed by atoms with Crippen molar-refractivity contribution in [2.75, 3.05) is 6.61 Å². The van der Waals surface area contributed by atoms with E-state index in [4.69, 9.17) is 10.2 Å². The maximum absolute atomic E-state index is 12.1. The molecule has 1 atom stereocenters. The quantitative estimate of drug-likeness (QED) is 0.648. The number of carbonyl (C=O) groups is 1. The van der Waals surface area contributed by atoms with Crippen LogP contribution in [0.5, 0.6) is 0 Å². The first-order chi connectivity index (χ1) is 8.77. The number of benzene rings is 1. The topological polar surface area (TPSA) is 104 Å². The minimum Gasteiger partial charge on any atom is -0.480 e. The third-order valence-corrected chi connectivity index (χ3v) is 5.14. The molecule has 0 heterocycles. The molecular formula is C10H11Br2NO5S. The van der Waals surface area contributed by atoms with E-state index in [1.54, 1.807) is 0 Å². The van der Waals surface area contributed by atoms with Crippen molar-refractivity contribution < 1.29 is 23.4 Å². The number of aliphatic carboxylic acids is 1. The van der Waals surface area contributed by atoms with E-state index in [0.29, 0.717) is 8.95 Å². The highest BCUT2D eigenvalue weighted by Crippen LogP contribution is 2.25. The van der Waals surface area contributed by atoms with Gasteiger partial charge in [-0.25, -0.2) is 8.42 Å². The Labute approximate surface area is 127 Å². The highest BCUT2D eigenvalue weighted by atomic mass is 79.9.